The highest BCUT2D eigenvalue weighted by atomic mass is 14.9. The second-order valence-corrected chi connectivity index (χ2v) is 8.86. The van der Waals surface area contributed by atoms with Gasteiger partial charge in [-0.2, -0.15) is 0 Å². The predicted octanol–water partition coefficient (Wildman–Crippen LogP) is 5.32. The number of unbranched alkanes of at least 4 members (excludes halogenated alkanes) is 1. The standard InChI is InChI=1S/C20H35N/c1-4-6-7-8-18(21-9-5-2)20-13-16-10-17(14-20)12-19(3,11-16)15-20/h4,16-18,21H,1,5-15H2,2-3H3. The van der Waals surface area contributed by atoms with Crippen molar-refractivity contribution >= 4 is 0 Å². The molecule has 0 aromatic carbocycles. The molecule has 21 heavy (non-hydrogen) atoms. The van der Waals surface area contributed by atoms with Gasteiger partial charge in [-0.25, -0.2) is 0 Å². The zero-order valence-electron chi connectivity index (χ0n) is 14.3. The van der Waals surface area contributed by atoms with Crippen molar-refractivity contribution in [2.75, 3.05) is 6.54 Å². The van der Waals surface area contributed by atoms with E-state index in [9.17, 15) is 0 Å². The van der Waals surface area contributed by atoms with E-state index in [1.54, 1.807) is 6.42 Å². The van der Waals surface area contributed by atoms with Gasteiger partial charge >= 0.3 is 0 Å². The van der Waals surface area contributed by atoms with Crippen molar-refractivity contribution in [2.24, 2.45) is 22.7 Å². The van der Waals surface area contributed by atoms with E-state index < -0.39 is 0 Å². The lowest BCUT2D eigenvalue weighted by molar-refractivity contribution is -0.119. The molecule has 0 heterocycles. The molecule has 0 amide bonds. The highest BCUT2D eigenvalue weighted by molar-refractivity contribution is 5.09. The fraction of sp³-hybridized carbons (Fsp3) is 0.900. The summed E-state index contributed by atoms with van der Waals surface area (Å²) in [5, 5.41) is 3.97. The van der Waals surface area contributed by atoms with Gasteiger partial charge in [0.15, 0.2) is 0 Å². The molecule has 1 N–H and O–H groups in total. The summed E-state index contributed by atoms with van der Waals surface area (Å²) in [7, 11) is 0. The Bertz CT molecular complexity index is 358. The average Bonchev–Trinajstić information content (AvgIpc) is 2.39. The highest BCUT2D eigenvalue weighted by Gasteiger charge is 2.57. The molecule has 4 bridgehead atoms. The Morgan fingerprint density at radius 3 is 2.52 bits per heavy atom. The second-order valence-electron chi connectivity index (χ2n) is 8.86. The summed E-state index contributed by atoms with van der Waals surface area (Å²) in [4.78, 5) is 0. The van der Waals surface area contributed by atoms with Gasteiger partial charge in [0.1, 0.15) is 0 Å². The zero-order valence-corrected chi connectivity index (χ0v) is 14.3. The van der Waals surface area contributed by atoms with Gasteiger partial charge in [0.2, 0.25) is 0 Å². The van der Waals surface area contributed by atoms with Gasteiger partial charge in [-0.1, -0.05) is 19.9 Å². The van der Waals surface area contributed by atoms with Crippen LogP contribution in [0.2, 0.25) is 0 Å². The maximum atomic E-state index is 3.97. The van der Waals surface area contributed by atoms with Crippen LogP contribution in [-0.2, 0) is 0 Å². The molecule has 4 rings (SSSR count). The van der Waals surface area contributed by atoms with E-state index in [1.165, 1.54) is 64.3 Å². The van der Waals surface area contributed by atoms with Crippen LogP contribution in [0.3, 0.4) is 0 Å². The summed E-state index contributed by atoms with van der Waals surface area (Å²) in [6.07, 6.45) is 16.4. The Hall–Kier alpha value is -0.300. The summed E-state index contributed by atoms with van der Waals surface area (Å²) in [5.41, 5.74) is 1.31. The minimum absolute atomic E-state index is 0.634. The monoisotopic (exact) mass is 289 g/mol. The van der Waals surface area contributed by atoms with Crippen LogP contribution in [0, 0.1) is 22.7 Å². The van der Waals surface area contributed by atoms with E-state index in [2.05, 4.69) is 31.8 Å². The average molecular weight is 290 g/mol. The number of hydrogen-bond acceptors (Lipinski definition) is 1. The maximum Gasteiger partial charge on any atom is 0.0124 e. The fourth-order valence-corrected chi connectivity index (χ4v) is 6.62. The fourth-order valence-electron chi connectivity index (χ4n) is 6.62. The molecule has 0 saturated heterocycles. The minimum atomic E-state index is 0.634. The lowest BCUT2D eigenvalue weighted by atomic mass is 9.43. The van der Waals surface area contributed by atoms with Gasteiger partial charge in [-0.15, -0.1) is 6.58 Å². The zero-order chi connectivity index (χ0) is 14.9. The van der Waals surface area contributed by atoms with E-state index in [0.717, 1.165) is 17.9 Å². The van der Waals surface area contributed by atoms with Crippen LogP contribution in [-0.4, -0.2) is 12.6 Å². The molecule has 4 fully saturated rings. The van der Waals surface area contributed by atoms with Gasteiger partial charge in [-0.05, 0) is 93.4 Å². The molecule has 0 radical (unpaired) electrons. The summed E-state index contributed by atoms with van der Waals surface area (Å²) >= 11 is 0. The molecular weight excluding hydrogens is 254 g/mol. The van der Waals surface area contributed by atoms with Crippen LogP contribution in [0.25, 0.3) is 0 Å². The van der Waals surface area contributed by atoms with E-state index in [1.807, 2.05) is 0 Å². The first-order chi connectivity index (χ1) is 10.1. The molecule has 4 saturated carbocycles. The smallest absolute Gasteiger partial charge is 0.0124 e. The molecule has 0 aliphatic heterocycles. The third-order valence-electron chi connectivity index (χ3n) is 6.68. The maximum absolute atomic E-state index is 3.97. The molecule has 3 unspecified atom stereocenters. The highest BCUT2D eigenvalue weighted by Crippen LogP contribution is 2.66. The van der Waals surface area contributed by atoms with E-state index in [0.29, 0.717) is 10.8 Å². The molecule has 4 aliphatic carbocycles. The Labute approximate surface area is 132 Å². The topological polar surface area (TPSA) is 12.0 Å². The van der Waals surface area contributed by atoms with Crippen molar-refractivity contribution in [1.29, 1.82) is 0 Å². The molecular formula is C20H35N. The summed E-state index contributed by atoms with van der Waals surface area (Å²) in [5.74, 6) is 2.09. The molecule has 0 aromatic rings. The second kappa shape index (κ2) is 6.07. The SMILES string of the molecule is C=CCCCC(NCCC)C12CC3CC(CC(C)(C3)C1)C2. The number of rotatable bonds is 8. The Balaban J connectivity index is 1.75. The first-order valence-corrected chi connectivity index (χ1v) is 9.43. The van der Waals surface area contributed by atoms with Crippen molar-refractivity contribution in [3.63, 3.8) is 0 Å². The quantitative estimate of drug-likeness (QED) is 0.471. The van der Waals surface area contributed by atoms with E-state index in [4.69, 9.17) is 0 Å². The van der Waals surface area contributed by atoms with Crippen molar-refractivity contribution in [3.8, 4) is 0 Å². The van der Waals surface area contributed by atoms with Gasteiger partial charge in [-0.3, -0.25) is 0 Å². The molecule has 3 atom stereocenters. The van der Waals surface area contributed by atoms with Gasteiger partial charge < -0.3 is 5.32 Å². The van der Waals surface area contributed by atoms with Crippen molar-refractivity contribution in [3.05, 3.63) is 12.7 Å². The Morgan fingerprint density at radius 2 is 1.95 bits per heavy atom. The van der Waals surface area contributed by atoms with Crippen molar-refractivity contribution in [2.45, 2.75) is 84.1 Å². The van der Waals surface area contributed by atoms with Gasteiger partial charge in [0, 0.05) is 6.04 Å². The van der Waals surface area contributed by atoms with Crippen LogP contribution in [0.15, 0.2) is 12.7 Å². The van der Waals surface area contributed by atoms with Crippen molar-refractivity contribution < 1.29 is 0 Å². The predicted molar refractivity (Wildman–Crippen MR) is 91.4 cm³/mol. The molecule has 4 aliphatic rings. The lowest BCUT2D eigenvalue weighted by Gasteiger charge is -2.63. The lowest BCUT2D eigenvalue weighted by Crippen LogP contribution is -2.58. The normalized spacial score (nSPS) is 42.2. The summed E-state index contributed by atoms with van der Waals surface area (Å²) in [6.45, 7) is 10.0. The first-order valence-electron chi connectivity index (χ1n) is 9.43. The van der Waals surface area contributed by atoms with E-state index in [-0.39, 0.29) is 0 Å². The molecule has 0 aromatic heterocycles. The number of nitrogens with one attached hydrogen (secondary N) is 1. The van der Waals surface area contributed by atoms with Crippen molar-refractivity contribution in [1.82, 2.24) is 5.32 Å². The Morgan fingerprint density at radius 1 is 1.24 bits per heavy atom. The Kier molecular flexibility index (Phi) is 4.50. The van der Waals surface area contributed by atoms with Gasteiger partial charge in [0.25, 0.3) is 0 Å². The molecule has 1 heteroatoms. The minimum Gasteiger partial charge on any atom is -0.313 e. The van der Waals surface area contributed by atoms with Gasteiger partial charge in [0.05, 0.1) is 0 Å². The molecule has 1 nitrogen and oxygen atoms in total. The van der Waals surface area contributed by atoms with E-state index >= 15 is 0 Å². The number of hydrogen-bond donors (Lipinski definition) is 1. The summed E-state index contributed by atoms with van der Waals surface area (Å²) < 4.78 is 0. The summed E-state index contributed by atoms with van der Waals surface area (Å²) in [6, 6.07) is 0.766. The third kappa shape index (κ3) is 3.09. The van der Waals surface area contributed by atoms with Crippen LogP contribution < -0.4 is 5.32 Å². The molecule has 120 valence electrons. The van der Waals surface area contributed by atoms with Crippen LogP contribution in [0.4, 0.5) is 0 Å². The largest absolute Gasteiger partial charge is 0.313 e. The van der Waals surface area contributed by atoms with Crippen LogP contribution in [0.1, 0.15) is 78.1 Å². The molecule has 0 spiro atoms. The first kappa shape index (κ1) is 15.6. The van der Waals surface area contributed by atoms with Crippen LogP contribution >= 0.6 is 0 Å². The number of allylic oxidation sites excluding steroid dienone is 1. The van der Waals surface area contributed by atoms with Crippen LogP contribution in [0.5, 0.6) is 0 Å². The third-order valence-corrected chi connectivity index (χ3v) is 6.68.